The summed E-state index contributed by atoms with van der Waals surface area (Å²) in [6, 6.07) is 9.81. The lowest BCUT2D eigenvalue weighted by Gasteiger charge is -2.12. The minimum atomic E-state index is -0.337. The highest BCUT2D eigenvalue weighted by molar-refractivity contribution is 7.99. The molecule has 0 spiro atoms. The number of hydrogen-bond donors (Lipinski definition) is 0. The Balaban J connectivity index is 2.11. The van der Waals surface area contributed by atoms with E-state index in [4.69, 9.17) is 9.72 Å². The van der Waals surface area contributed by atoms with Gasteiger partial charge >= 0.3 is 5.97 Å². The van der Waals surface area contributed by atoms with Crippen LogP contribution in [0, 0.1) is 0 Å². The van der Waals surface area contributed by atoms with E-state index in [1.165, 1.54) is 16.3 Å². The number of nitrogens with zero attached hydrogens (tertiary/aromatic N) is 3. The first-order valence-corrected chi connectivity index (χ1v) is 9.99. The fourth-order valence-corrected chi connectivity index (χ4v) is 3.78. The Morgan fingerprint density at radius 3 is 2.68 bits per heavy atom. The molecule has 28 heavy (non-hydrogen) atoms. The summed E-state index contributed by atoms with van der Waals surface area (Å²) in [6.07, 6.45) is 3.37. The number of thioether (sulfide) groups is 1. The van der Waals surface area contributed by atoms with Crippen LogP contribution >= 0.6 is 11.8 Å². The van der Waals surface area contributed by atoms with Gasteiger partial charge in [-0.3, -0.25) is 14.2 Å². The van der Waals surface area contributed by atoms with Crippen LogP contribution in [0.4, 0.5) is 0 Å². The molecule has 0 unspecified atom stereocenters. The summed E-state index contributed by atoms with van der Waals surface area (Å²) in [5.74, 6) is -0.253. The highest BCUT2D eigenvalue weighted by Gasteiger charge is 2.19. The molecule has 0 amide bonds. The van der Waals surface area contributed by atoms with Crippen molar-refractivity contribution in [1.82, 2.24) is 14.1 Å². The average molecular weight is 398 g/mol. The molecule has 2 aromatic heterocycles. The van der Waals surface area contributed by atoms with E-state index in [2.05, 4.69) is 6.58 Å². The predicted octanol–water partition coefficient (Wildman–Crippen LogP) is 3.63. The van der Waals surface area contributed by atoms with Crippen molar-refractivity contribution in [1.29, 1.82) is 0 Å². The van der Waals surface area contributed by atoms with Gasteiger partial charge < -0.3 is 9.30 Å². The van der Waals surface area contributed by atoms with E-state index >= 15 is 0 Å². The molecule has 0 saturated carbocycles. The zero-order chi connectivity index (χ0) is 20.3. The van der Waals surface area contributed by atoms with Crippen LogP contribution in [-0.4, -0.2) is 31.9 Å². The van der Waals surface area contributed by atoms with E-state index in [-0.39, 0.29) is 23.4 Å². The molecule has 0 saturated heterocycles. The highest BCUT2D eigenvalue weighted by Crippen LogP contribution is 2.29. The van der Waals surface area contributed by atoms with Gasteiger partial charge in [0.15, 0.2) is 5.16 Å². The second-order valence-corrected chi connectivity index (χ2v) is 7.59. The molecule has 0 aliphatic carbocycles. The Labute approximate surface area is 167 Å². The fraction of sp³-hybridized carbons (Fsp3) is 0.286. The van der Waals surface area contributed by atoms with Gasteiger partial charge in [-0.1, -0.05) is 48.2 Å². The van der Waals surface area contributed by atoms with Crippen LogP contribution in [0.2, 0.25) is 0 Å². The third-order valence-electron chi connectivity index (χ3n) is 4.12. The van der Waals surface area contributed by atoms with Crippen molar-refractivity contribution in [2.24, 2.45) is 7.05 Å². The molecule has 7 heteroatoms. The van der Waals surface area contributed by atoms with Crippen molar-refractivity contribution >= 4 is 28.8 Å². The zero-order valence-corrected chi connectivity index (χ0v) is 17.0. The normalized spacial score (nSPS) is 11.1. The lowest BCUT2D eigenvalue weighted by atomic mass is 10.1. The molecule has 0 aliphatic heterocycles. The molecule has 0 bridgehead atoms. The average Bonchev–Trinajstić information content (AvgIpc) is 2.99. The number of carbonyl (C=O) groups excluding carboxylic acids is 1. The van der Waals surface area contributed by atoms with Crippen molar-refractivity contribution in [3.8, 4) is 11.1 Å². The maximum atomic E-state index is 13.2. The number of rotatable bonds is 7. The predicted molar refractivity (Wildman–Crippen MR) is 113 cm³/mol. The molecule has 0 radical (unpaired) electrons. The van der Waals surface area contributed by atoms with Crippen LogP contribution in [0.5, 0.6) is 0 Å². The van der Waals surface area contributed by atoms with Gasteiger partial charge in [-0.15, -0.1) is 6.58 Å². The van der Waals surface area contributed by atoms with E-state index < -0.39 is 0 Å². The molecular formula is C21H23N3O3S. The van der Waals surface area contributed by atoms with Gasteiger partial charge in [0.2, 0.25) is 0 Å². The van der Waals surface area contributed by atoms with Gasteiger partial charge in [0, 0.05) is 25.4 Å². The van der Waals surface area contributed by atoms with Gasteiger partial charge in [0.25, 0.3) is 5.56 Å². The number of carbonyl (C=O) groups is 1. The number of aromatic nitrogens is 3. The lowest BCUT2D eigenvalue weighted by molar-refractivity contribution is -0.144. The lowest BCUT2D eigenvalue weighted by Crippen LogP contribution is -2.24. The van der Waals surface area contributed by atoms with Crippen LogP contribution in [0.25, 0.3) is 22.2 Å². The first-order chi connectivity index (χ1) is 13.4. The summed E-state index contributed by atoms with van der Waals surface area (Å²) in [4.78, 5) is 29.9. The Kier molecular flexibility index (Phi) is 6.04. The Morgan fingerprint density at radius 2 is 2.04 bits per heavy atom. The van der Waals surface area contributed by atoms with E-state index in [0.29, 0.717) is 22.7 Å². The monoisotopic (exact) mass is 397 g/mol. The van der Waals surface area contributed by atoms with Gasteiger partial charge in [0.05, 0.1) is 11.9 Å². The van der Waals surface area contributed by atoms with Gasteiger partial charge in [0.1, 0.15) is 11.0 Å². The molecule has 0 fully saturated rings. The molecule has 0 N–H and O–H groups in total. The van der Waals surface area contributed by atoms with E-state index in [1.54, 1.807) is 24.5 Å². The molecule has 1 aromatic carbocycles. The second kappa shape index (κ2) is 8.48. The fourth-order valence-electron chi connectivity index (χ4n) is 3.00. The van der Waals surface area contributed by atoms with Crippen LogP contribution < -0.4 is 5.56 Å². The van der Waals surface area contributed by atoms with Crippen molar-refractivity contribution in [2.75, 3.05) is 5.75 Å². The summed E-state index contributed by atoms with van der Waals surface area (Å²) >= 11 is 1.20. The Morgan fingerprint density at radius 1 is 1.32 bits per heavy atom. The molecule has 6 nitrogen and oxygen atoms in total. The van der Waals surface area contributed by atoms with Gasteiger partial charge in [-0.2, -0.15) is 0 Å². The Hall–Kier alpha value is -2.80. The summed E-state index contributed by atoms with van der Waals surface area (Å²) in [5.41, 5.74) is 2.85. The Bertz CT molecular complexity index is 1070. The number of hydrogen-bond acceptors (Lipinski definition) is 5. The van der Waals surface area contributed by atoms with Crippen LogP contribution in [-0.2, 0) is 23.1 Å². The summed E-state index contributed by atoms with van der Waals surface area (Å²) < 4.78 is 8.53. The first-order valence-electron chi connectivity index (χ1n) is 9.00. The molecule has 2 heterocycles. The standard InChI is InChI=1S/C21H23N3O3S/c1-5-11-24-20(26)19-18(22-21(24)28-13-17(25)27-14(2)3)16(12-23(19)4)15-9-7-6-8-10-15/h5-10,12,14H,1,11,13H2,2-4H3. The van der Waals surface area contributed by atoms with Crippen molar-refractivity contribution < 1.29 is 9.53 Å². The third kappa shape index (κ3) is 4.04. The highest BCUT2D eigenvalue weighted by atomic mass is 32.2. The van der Waals surface area contributed by atoms with E-state index in [9.17, 15) is 9.59 Å². The summed E-state index contributed by atoms with van der Waals surface area (Å²) in [7, 11) is 1.84. The van der Waals surface area contributed by atoms with Crippen LogP contribution in [0.3, 0.4) is 0 Å². The summed E-state index contributed by atoms with van der Waals surface area (Å²) in [6.45, 7) is 7.65. The smallest absolute Gasteiger partial charge is 0.316 e. The largest absolute Gasteiger partial charge is 0.462 e. The number of allylic oxidation sites excluding steroid dienone is 1. The maximum absolute atomic E-state index is 13.2. The quantitative estimate of drug-likeness (QED) is 0.264. The SMILES string of the molecule is C=CCn1c(SCC(=O)OC(C)C)nc2c(-c3ccccc3)cn(C)c2c1=O. The van der Waals surface area contributed by atoms with Gasteiger partial charge in [-0.05, 0) is 19.4 Å². The molecule has 3 aromatic rings. The van der Waals surface area contributed by atoms with Crippen LogP contribution in [0.1, 0.15) is 13.8 Å². The minimum absolute atomic E-state index is 0.0841. The number of benzene rings is 1. The molecular weight excluding hydrogens is 374 g/mol. The third-order valence-corrected chi connectivity index (χ3v) is 5.07. The number of aryl methyl sites for hydroxylation is 1. The van der Waals surface area contributed by atoms with Crippen molar-refractivity contribution in [2.45, 2.75) is 31.7 Å². The number of esters is 1. The zero-order valence-electron chi connectivity index (χ0n) is 16.2. The van der Waals surface area contributed by atoms with Gasteiger partial charge in [-0.25, -0.2) is 4.98 Å². The first kappa shape index (κ1) is 19.9. The van der Waals surface area contributed by atoms with Crippen LogP contribution in [0.15, 0.2) is 59.1 Å². The van der Waals surface area contributed by atoms with E-state index in [0.717, 1.165) is 11.1 Å². The second-order valence-electron chi connectivity index (χ2n) is 6.64. The van der Waals surface area contributed by atoms with Crippen molar-refractivity contribution in [3.63, 3.8) is 0 Å². The number of ether oxygens (including phenoxy) is 1. The molecule has 0 aliphatic rings. The number of fused-ring (bicyclic) bond motifs is 1. The molecule has 0 atom stereocenters. The molecule has 146 valence electrons. The summed E-state index contributed by atoms with van der Waals surface area (Å²) in [5, 5.41) is 0.474. The van der Waals surface area contributed by atoms with Crippen molar-refractivity contribution in [3.05, 3.63) is 59.5 Å². The van der Waals surface area contributed by atoms with E-state index in [1.807, 2.05) is 43.6 Å². The maximum Gasteiger partial charge on any atom is 0.316 e. The minimum Gasteiger partial charge on any atom is -0.462 e. The molecule has 3 rings (SSSR count). The topological polar surface area (TPSA) is 66.1 Å².